The van der Waals surface area contributed by atoms with Crippen molar-refractivity contribution in [3.8, 4) is 0 Å². The molecule has 1 N–H and O–H groups in total. The van der Waals surface area contributed by atoms with Gasteiger partial charge in [0.05, 0.1) is 6.20 Å². The van der Waals surface area contributed by atoms with Crippen molar-refractivity contribution in [2.24, 2.45) is 0 Å². The third kappa shape index (κ3) is 2.94. The number of aromatic nitrogens is 2. The van der Waals surface area contributed by atoms with Gasteiger partial charge in [0.2, 0.25) is 5.95 Å². The van der Waals surface area contributed by atoms with E-state index in [1.54, 1.807) is 7.05 Å². The third-order valence-corrected chi connectivity index (χ3v) is 3.74. The zero-order chi connectivity index (χ0) is 13.8. The lowest BCUT2D eigenvalue weighted by atomic mass is 10.2. The zero-order valence-corrected chi connectivity index (χ0v) is 11.9. The van der Waals surface area contributed by atoms with Crippen LogP contribution in [0.4, 0.5) is 16.2 Å². The molecule has 1 fully saturated rings. The Kier molecular flexibility index (Phi) is 4.52. The van der Waals surface area contributed by atoms with Crippen molar-refractivity contribution in [1.82, 2.24) is 14.9 Å². The lowest BCUT2D eigenvalue weighted by Crippen LogP contribution is -2.37. The van der Waals surface area contributed by atoms with Crippen LogP contribution in [0.1, 0.15) is 20.3 Å². The molecular weight excluding hydrogens is 245 g/mol. The van der Waals surface area contributed by atoms with Crippen LogP contribution in [0, 0.1) is 5.82 Å². The summed E-state index contributed by atoms with van der Waals surface area (Å²) in [4.78, 5) is 12.5. The average Bonchev–Trinajstić information content (AvgIpc) is 2.90. The predicted molar refractivity (Wildman–Crippen MR) is 75.1 cm³/mol. The molecule has 1 unspecified atom stereocenters. The van der Waals surface area contributed by atoms with E-state index in [1.807, 2.05) is 4.90 Å². The molecule has 19 heavy (non-hydrogen) atoms. The lowest BCUT2D eigenvalue weighted by molar-refractivity contribution is 0.232. The Morgan fingerprint density at radius 1 is 1.47 bits per heavy atom. The molecule has 0 amide bonds. The van der Waals surface area contributed by atoms with Gasteiger partial charge in [0.15, 0.2) is 11.6 Å². The van der Waals surface area contributed by atoms with Gasteiger partial charge in [-0.25, -0.2) is 9.37 Å². The van der Waals surface area contributed by atoms with E-state index >= 15 is 0 Å². The number of nitrogens with one attached hydrogen (secondary N) is 1. The van der Waals surface area contributed by atoms with Crippen molar-refractivity contribution in [2.45, 2.75) is 26.3 Å². The van der Waals surface area contributed by atoms with Gasteiger partial charge in [0.1, 0.15) is 0 Å². The summed E-state index contributed by atoms with van der Waals surface area (Å²) in [7, 11) is 1.74. The smallest absolute Gasteiger partial charge is 0.224 e. The van der Waals surface area contributed by atoms with Gasteiger partial charge in [-0.15, -0.1) is 0 Å². The first-order chi connectivity index (χ1) is 9.19. The Hall–Kier alpha value is -1.43. The molecule has 1 atom stereocenters. The monoisotopic (exact) mass is 267 g/mol. The molecule has 5 nitrogen and oxygen atoms in total. The minimum atomic E-state index is -0.348. The molecule has 0 aromatic carbocycles. The summed E-state index contributed by atoms with van der Waals surface area (Å²) < 4.78 is 13.8. The van der Waals surface area contributed by atoms with Crippen molar-refractivity contribution in [1.29, 1.82) is 0 Å². The Morgan fingerprint density at radius 3 is 2.84 bits per heavy atom. The molecule has 1 saturated heterocycles. The summed E-state index contributed by atoms with van der Waals surface area (Å²) in [5.74, 6) is 0.524. The van der Waals surface area contributed by atoms with Crippen LogP contribution in [0.25, 0.3) is 0 Å². The van der Waals surface area contributed by atoms with Gasteiger partial charge in [-0.2, -0.15) is 4.98 Å². The Balaban J connectivity index is 2.12. The molecule has 0 radical (unpaired) electrons. The number of anilines is 2. The van der Waals surface area contributed by atoms with E-state index < -0.39 is 0 Å². The fourth-order valence-electron chi connectivity index (χ4n) is 2.67. The quantitative estimate of drug-likeness (QED) is 0.877. The van der Waals surface area contributed by atoms with Crippen molar-refractivity contribution in [3.05, 3.63) is 12.0 Å². The van der Waals surface area contributed by atoms with Gasteiger partial charge >= 0.3 is 0 Å². The fourth-order valence-corrected chi connectivity index (χ4v) is 2.67. The van der Waals surface area contributed by atoms with E-state index in [1.165, 1.54) is 6.20 Å². The molecule has 0 bridgehead atoms. The van der Waals surface area contributed by atoms with Crippen LogP contribution in [-0.4, -0.2) is 54.1 Å². The van der Waals surface area contributed by atoms with E-state index in [4.69, 9.17) is 0 Å². The minimum Gasteiger partial charge on any atom is -0.357 e. The Labute approximate surface area is 113 Å². The Bertz CT molecular complexity index is 421. The summed E-state index contributed by atoms with van der Waals surface area (Å²) in [6.45, 7) is 8.07. The first-order valence-corrected chi connectivity index (χ1v) is 6.88. The molecule has 2 rings (SSSR count). The van der Waals surface area contributed by atoms with Gasteiger partial charge in [-0.1, -0.05) is 13.8 Å². The zero-order valence-electron chi connectivity index (χ0n) is 11.9. The molecular formula is C13H22FN5. The first-order valence-electron chi connectivity index (χ1n) is 6.88. The highest BCUT2D eigenvalue weighted by molar-refractivity contribution is 5.45. The third-order valence-electron chi connectivity index (χ3n) is 3.74. The second-order valence-corrected chi connectivity index (χ2v) is 4.72. The predicted octanol–water partition coefficient (Wildman–Crippen LogP) is 1.58. The van der Waals surface area contributed by atoms with Crippen LogP contribution >= 0.6 is 0 Å². The molecule has 6 heteroatoms. The van der Waals surface area contributed by atoms with Crippen LogP contribution in [0.5, 0.6) is 0 Å². The molecule has 0 spiro atoms. The highest BCUT2D eigenvalue weighted by Gasteiger charge is 2.28. The number of rotatable bonds is 5. The lowest BCUT2D eigenvalue weighted by Gasteiger charge is -2.26. The van der Waals surface area contributed by atoms with Crippen LogP contribution < -0.4 is 10.2 Å². The summed E-state index contributed by atoms with van der Waals surface area (Å²) in [5.41, 5.74) is 0. The normalized spacial score (nSPS) is 19.2. The van der Waals surface area contributed by atoms with Gasteiger partial charge < -0.3 is 10.2 Å². The van der Waals surface area contributed by atoms with Crippen LogP contribution in [0.3, 0.4) is 0 Å². The topological polar surface area (TPSA) is 44.3 Å². The number of halogens is 1. The second kappa shape index (κ2) is 6.14. The molecule has 0 saturated carbocycles. The van der Waals surface area contributed by atoms with Crippen LogP contribution in [0.15, 0.2) is 6.20 Å². The van der Waals surface area contributed by atoms with Crippen molar-refractivity contribution < 1.29 is 4.39 Å². The molecule has 2 heterocycles. The summed E-state index contributed by atoms with van der Waals surface area (Å²) in [5, 5.41) is 2.85. The standard InChI is InChI=1S/C13H22FN5/c1-4-18(5-2)10-6-7-19(9-10)12-11(14)8-16-13(15-3)17-12/h8,10H,4-7,9H2,1-3H3,(H,15,16,17). The van der Waals surface area contributed by atoms with E-state index in [2.05, 4.69) is 34.0 Å². The van der Waals surface area contributed by atoms with E-state index in [9.17, 15) is 4.39 Å². The van der Waals surface area contributed by atoms with Crippen molar-refractivity contribution in [2.75, 3.05) is 43.4 Å². The molecule has 1 aliphatic heterocycles. The summed E-state index contributed by atoms with van der Waals surface area (Å²) in [6.07, 6.45) is 2.29. The second-order valence-electron chi connectivity index (χ2n) is 4.72. The summed E-state index contributed by atoms with van der Waals surface area (Å²) in [6, 6.07) is 0.488. The van der Waals surface area contributed by atoms with Gasteiger partial charge in [-0.3, -0.25) is 4.90 Å². The Morgan fingerprint density at radius 2 is 2.21 bits per heavy atom. The van der Waals surface area contributed by atoms with Crippen LogP contribution in [0.2, 0.25) is 0 Å². The largest absolute Gasteiger partial charge is 0.357 e. The van der Waals surface area contributed by atoms with Crippen molar-refractivity contribution in [3.63, 3.8) is 0 Å². The summed E-state index contributed by atoms with van der Waals surface area (Å²) >= 11 is 0. The molecule has 106 valence electrons. The highest BCUT2D eigenvalue weighted by Crippen LogP contribution is 2.24. The molecule has 1 aromatic heterocycles. The van der Waals surface area contributed by atoms with Gasteiger partial charge in [-0.05, 0) is 19.5 Å². The van der Waals surface area contributed by atoms with Crippen LogP contribution in [-0.2, 0) is 0 Å². The number of nitrogens with zero attached hydrogens (tertiary/aromatic N) is 4. The minimum absolute atomic E-state index is 0.348. The maximum atomic E-state index is 13.8. The number of hydrogen-bond acceptors (Lipinski definition) is 5. The van der Waals surface area contributed by atoms with Gasteiger partial charge in [0.25, 0.3) is 0 Å². The number of likely N-dealkylation sites (N-methyl/N-ethyl adjacent to an activating group) is 1. The maximum Gasteiger partial charge on any atom is 0.224 e. The van der Waals surface area contributed by atoms with Crippen molar-refractivity contribution >= 4 is 11.8 Å². The maximum absolute atomic E-state index is 13.8. The average molecular weight is 267 g/mol. The van der Waals surface area contributed by atoms with E-state index in [-0.39, 0.29) is 5.82 Å². The molecule has 1 aliphatic rings. The number of hydrogen-bond donors (Lipinski definition) is 1. The van der Waals surface area contributed by atoms with Gasteiger partial charge in [0, 0.05) is 26.2 Å². The molecule has 1 aromatic rings. The first kappa shape index (κ1) is 14.0. The van der Waals surface area contributed by atoms with E-state index in [0.717, 1.165) is 32.6 Å². The SMILES string of the molecule is CCN(CC)C1CCN(c2nc(NC)ncc2F)C1. The highest BCUT2D eigenvalue weighted by atomic mass is 19.1. The fraction of sp³-hybridized carbons (Fsp3) is 0.692. The molecule has 0 aliphatic carbocycles. The van der Waals surface area contributed by atoms with E-state index in [0.29, 0.717) is 17.8 Å².